The van der Waals surface area contributed by atoms with E-state index in [2.05, 4.69) is 215 Å². The van der Waals surface area contributed by atoms with E-state index in [1.54, 1.807) is 0 Å². The number of hydrogen-bond acceptors (Lipinski definition) is 3. The number of thiophene rings is 1. The van der Waals surface area contributed by atoms with Crippen LogP contribution in [0, 0.1) is 0 Å². The van der Waals surface area contributed by atoms with E-state index in [9.17, 15) is 0 Å². The van der Waals surface area contributed by atoms with Gasteiger partial charge in [0.1, 0.15) is 0 Å². The monoisotopic (exact) mass is 748 g/mol. The number of aromatic amines is 2. The van der Waals surface area contributed by atoms with Gasteiger partial charge in [-0.2, -0.15) is 0 Å². The largest absolute Gasteiger partial charge is 0.354 e. The Morgan fingerprint density at radius 1 is 0.316 bits per heavy atom. The molecule has 0 amide bonds. The third-order valence-corrected chi connectivity index (χ3v) is 12.3. The van der Waals surface area contributed by atoms with Crippen molar-refractivity contribution in [3.05, 3.63) is 194 Å². The van der Waals surface area contributed by atoms with Crippen LogP contribution in [0.5, 0.6) is 0 Å². The van der Waals surface area contributed by atoms with Crippen LogP contribution in [0.2, 0.25) is 0 Å². The van der Waals surface area contributed by atoms with Crippen molar-refractivity contribution in [2.45, 2.75) is 0 Å². The van der Waals surface area contributed by atoms with Crippen molar-refractivity contribution < 1.29 is 0 Å². The van der Waals surface area contributed by atoms with Crippen LogP contribution in [0.1, 0.15) is 0 Å². The van der Waals surface area contributed by atoms with Crippen LogP contribution >= 0.6 is 11.3 Å². The predicted molar refractivity (Wildman–Crippen MR) is 244 cm³/mol. The molecule has 0 saturated carbocycles. The molecule has 3 heterocycles. The van der Waals surface area contributed by atoms with Gasteiger partial charge in [-0.25, -0.2) is 0 Å². The van der Waals surface area contributed by atoms with Crippen molar-refractivity contribution in [2.75, 3.05) is 10.6 Å². The number of H-pyrrole nitrogens is 2. The second-order valence-electron chi connectivity index (χ2n) is 14.4. The molecule has 5 heteroatoms. The summed E-state index contributed by atoms with van der Waals surface area (Å²) < 4.78 is 0. The van der Waals surface area contributed by atoms with Gasteiger partial charge in [0.15, 0.2) is 0 Å². The van der Waals surface area contributed by atoms with Gasteiger partial charge in [-0.1, -0.05) is 146 Å². The lowest BCUT2D eigenvalue weighted by molar-refractivity contribution is 1.51. The fraction of sp³-hybridized carbons (Fsp3) is 0. The van der Waals surface area contributed by atoms with E-state index in [4.69, 9.17) is 0 Å². The topological polar surface area (TPSA) is 55.6 Å². The number of benzene rings is 8. The van der Waals surface area contributed by atoms with E-state index < -0.39 is 0 Å². The summed E-state index contributed by atoms with van der Waals surface area (Å²) in [5, 5.41) is 12.3. The first-order valence-corrected chi connectivity index (χ1v) is 20.1. The Morgan fingerprint density at radius 2 is 0.702 bits per heavy atom. The molecule has 57 heavy (non-hydrogen) atoms. The van der Waals surface area contributed by atoms with Crippen LogP contribution in [0.15, 0.2) is 194 Å². The normalized spacial score (nSPS) is 11.5. The zero-order valence-corrected chi connectivity index (χ0v) is 31.7. The van der Waals surface area contributed by atoms with E-state index in [-0.39, 0.29) is 0 Å². The zero-order chi connectivity index (χ0) is 37.7. The van der Waals surface area contributed by atoms with Crippen LogP contribution in [-0.2, 0) is 0 Å². The molecule has 3 aromatic heterocycles. The fourth-order valence-electron chi connectivity index (χ4n) is 8.27. The first-order chi connectivity index (χ1) is 28.2. The van der Waals surface area contributed by atoms with Crippen molar-refractivity contribution in [1.82, 2.24) is 9.97 Å². The number of hydrogen-bond donors (Lipinski definition) is 4. The van der Waals surface area contributed by atoms with Crippen molar-refractivity contribution in [3.8, 4) is 43.1 Å². The molecule has 0 fully saturated rings. The van der Waals surface area contributed by atoms with Gasteiger partial charge >= 0.3 is 0 Å². The molecule has 4 nitrogen and oxygen atoms in total. The van der Waals surface area contributed by atoms with Gasteiger partial charge in [0.05, 0.1) is 22.4 Å². The molecule has 0 saturated heterocycles. The fourth-order valence-corrected chi connectivity index (χ4v) is 9.63. The van der Waals surface area contributed by atoms with Crippen LogP contribution in [0.3, 0.4) is 0 Å². The smallest absolute Gasteiger partial charge is 0.0704 e. The van der Waals surface area contributed by atoms with E-state index in [0.29, 0.717) is 0 Å². The maximum Gasteiger partial charge on any atom is 0.0704 e. The van der Waals surface area contributed by atoms with Crippen molar-refractivity contribution >= 4 is 77.7 Å². The van der Waals surface area contributed by atoms with Gasteiger partial charge in [-0.3, -0.25) is 0 Å². The highest BCUT2D eigenvalue weighted by Crippen LogP contribution is 2.52. The molecule has 4 N–H and O–H groups in total. The Balaban J connectivity index is 0.985. The van der Waals surface area contributed by atoms with Gasteiger partial charge in [0, 0.05) is 64.8 Å². The molecular formula is C52H36N4S. The van der Waals surface area contributed by atoms with E-state index in [0.717, 1.165) is 44.8 Å². The second-order valence-corrected chi connectivity index (χ2v) is 15.5. The highest BCUT2D eigenvalue weighted by Gasteiger charge is 2.23. The van der Waals surface area contributed by atoms with E-state index in [1.807, 2.05) is 11.3 Å². The lowest BCUT2D eigenvalue weighted by Crippen LogP contribution is -1.91. The molecule has 11 rings (SSSR count). The maximum atomic E-state index is 3.70. The summed E-state index contributed by atoms with van der Waals surface area (Å²) >= 11 is 1.86. The maximum absolute atomic E-state index is 3.70. The summed E-state index contributed by atoms with van der Waals surface area (Å²) in [6, 6.07) is 69.3. The molecule has 0 aliphatic rings. The van der Waals surface area contributed by atoms with Crippen LogP contribution < -0.4 is 10.6 Å². The van der Waals surface area contributed by atoms with Crippen molar-refractivity contribution in [2.24, 2.45) is 0 Å². The molecule has 0 bridgehead atoms. The summed E-state index contributed by atoms with van der Waals surface area (Å²) in [6.07, 6.45) is 0. The minimum atomic E-state index is 1.04. The Hall–Kier alpha value is -7.34. The van der Waals surface area contributed by atoms with Gasteiger partial charge in [-0.15, -0.1) is 11.3 Å². The second kappa shape index (κ2) is 13.7. The van der Waals surface area contributed by atoms with Gasteiger partial charge < -0.3 is 20.6 Å². The summed E-state index contributed by atoms with van der Waals surface area (Å²) in [5.74, 6) is 0. The Bertz CT molecular complexity index is 2990. The predicted octanol–water partition coefficient (Wildman–Crippen LogP) is 15.2. The lowest BCUT2D eigenvalue weighted by Gasteiger charge is -2.12. The third-order valence-electron chi connectivity index (χ3n) is 11.0. The number of para-hydroxylation sites is 4. The molecular weight excluding hydrogens is 713 g/mol. The molecule has 11 aromatic rings. The Morgan fingerprint density at radius 3 is 1.14 bits per heavy atom. The third kappa shape index (κ3) is 5.84. The molecule has 8 aromatic carbocycles. The summed E-state index contributed by atoms with van der Waals surface area (Å²) in [7, 11) is 0. The molecule has 0 aliphatic heterocycles. The summed E-state index contributed by atoms with van der Waals surface area (Å²) in [5.41, 5.74) is 16.0. The summed E-state index contributed by atoms with van der Waals surface area (Å²) in [6.45, 7) is 0. The van der Waals surface area contributed by atoms with E-state index >= 15 is 0 Å². The quantitative estimate of drug-likeness (QED) is 0.125. The Kier molecular flexibility index (Phi) is 7.97. The van der Waals surface area contributed by atoms with Crippen molar-refractivity contribution in [3.63, 3.8) is 0 Å². The van der Waals surface area contributed by atoms with Gasteiger partial charge in [0.2, 0.25) is 0 Å². The minimum Gasteiger partial charge on any atom is -0.354 e. The highest BCUT2D eigenvalue weighted by molar-refractivity contribution is 7.20. The molecule has 0 spiro atoms. The standard InChI is InChI=1S/C52H36N4S/c1-3-13-33(14-4-1)47-48(34-15-5-2-6-16-34)52(36-27-31-38(32-28-36)54-46-24-12-20-42-40-18-8-10-22-44(40)56-50(42)46)57-51(47)35-25-29-37(30-26-35)53-45-23-11-19-41-39-17-7-9-21-43(39)55-49(41)45/h1-32,53-56H. The number of fused-ring (bicyclic) bond motifs is 6. The van der Waals surface area contributed by atoms with E-state index in [1.165, 1.54) is 64.7 Å². The molecule has 0 aliphatic carbocycles. The molecule has 0 radical (unpaired) electrons. The van der Waals surface area contributed by atoms with Crippen LogP contribution in [-0.4, -0.2) is 9.97 Å². The molecule has 0 atom stereocenters. The lowest BCUT2D eigenvalue weighted by atomic mass is 9.91. The first kappa shape index (κ1) is 33.0. The van der Waals surface area contributed by atoms with Gasteiger partial charge in [0.25, 0.3) is 0 Å². The first-order valence-electron chi connectivity index (χ1n) is 19.3. The highest BCUT2D eigenvalue weighted by atomic mass is 32.1. The SMILES string of the molecule is c1ccc(-c2c(-c3ccc(Nc4cccc5c4[nH]c4ccccc45)cc3)sc(-c3ccc(Nc4cccc5c4[nH]c4ccccc45)cc3)c2-c2ccccc2)cc1. The average Bonchev–Trinajstić information content (AvgIpc) is 3.98. The zero-order valence-electron chi connectivity index (χ0n) is 30.9. The molecule has 270 valence electrons. The molecule has 0 unspecified atom stereocenters. The number of nitrogens with one attached hydrogen (secondary N) is 4. The van der Waals surface area contributed by atoms with Gasteiger partial charge in [-0.05, 0) is 70.8 Å². The van der Waals surface area contributed by atoms with Crippen LogP contribution in [0.4, 0.5) is 22.7 Å². The number of anilines is 4. The minimum absolute atomic E-state index is 1.04. The van der Waals surface area contributed by atoms with Crippen molar-refractivity contribution in [1.29, 1.82) is 0 Å². The average molecular weight is 749 g/mol. The number of rotatable bonds is 8. The summed E-state index contributed by atoms with van der Waals surface area (Å²) in [4.78, 5) is 9.75. The number of aromatic nitrogens is 2. The van der Waals surface area contributed by atoms with Crippen LogP contribution in [0.25, 0.3) is 86.7 Å². The Labute approximate surface area is 334 Å².